The number of piperazine rings is 1. The van der Waals surface area contributed by atoms with E-state index in [4.69, 9.17) is 4.74 Å². The van der Waals surface area contributed by atoms with Gasteiger partial charge in [-0.2, -0.15) is 4.31 Å². The highest BCUT2D eigenvalue weighted by Gasteiger charge is 2.32. The van der Waals surface area contributed by atoms with Gasteiger partial charge in [-0.25, -0.2) is 8.42 Å². The minimum atomic E-state index is -3.45. The molecule has 1 aromatic carbocycles. The molecule has 1 aromatic rings. The molecule has 1 N–H and O–H groups in total. The van der Waals surface area contributed by atoms with Crippen molar-refractivity contribution in [2.75, 3.05) is 20.2 Å². The molecular formula is C14H22N2O3S. The summed E-state index contributed by atoms with van der Waals surface area (Å²) in [6.07, 6.45) is 0. The van der Waals surface area contributed by atoms with E-state index in [9.17, 15) is 8.42 Å². The number of aryl methyl sites for hydroxylation is 1. The third-order valence-electron chi connectivity index (χ3n) is 3.52. The molecular weight excluding hydrogens is 276 g/mol. The zero-order valence-corrected chi connectivity index (χ0v) is 13.2. The summed E-state index contributed by atoms with van der Waals surface area (Å²) in [5.41, 5.74) is 0.711. The van der Waals surface area contributed by atoms with Crippen molar-refractivity contribution in [3.8, 4) is 5.75 Å². The van der Waals surface area contributed by atoms with Crippen LogP contribution in [0.5, 0.6) is 5.75 Å². The molecule has 1 aliphatic rings. The molecule has 0 amide bonds. The predicted molar refractivity (Wildman–Crippen MR) is 78.5 cm³/mol. The summed E-state index contributed by atoms with van der Waals surface area (Å²) in [6, 6.07) is 5.39. The maximum atomic E-state index is 12.8. The molecule has 1 saturated heterocycles. The molecule has 1 heterocycles. The van der Waals surface area contributed by atoms with Crippen molar-refractivity contribution in [1.29, 1.82) is 0 Å². The second kappa shape index (κ2) is 5.71. The van der Waals surface area contributed by atoms with Gasteiger partial charge in [0.1, 0.15) is 5.75 Å². The van der Waals surface area contributed by atoms with Crippen molar-refractivity contribution in [2.24, 2.45) is 0 Å². The van der Waals surface area contributed by atoms with E-state index >= 15 is 0 Å². The summed E-state index contributed by atoms with van der Waals surface area (Å²) in [5.74, 6) is 0.670. The Morgan fingerprint density at radius 1 is 1.25 bits per heavy atom. The lowest BCUT2D eigenvalue weighted by Gasteiger charge is -2.35. The topological polar surface area (TPSA) is 58.6 Å². The second-order valence-corrected chi connectivity index (χ2v) is 7.33. The molecule has 2 atom stereocenters. The van der Waals surface area contributed by atoms with Gasteiger partial charge in [0.05, 0.1) is 12.0 Å². The molecule has 0 bridgehead atoms. The Morgan fingerprint density at radius 3 is 2.35 bits per heavy atom. The van der Waals surface area contributed by atoms with E-state index in [1.807, 2.05) is 13.8 Å². The predicted octanol–water partition coefficient (Wildman–Crippen LogP) is 1.37. The SMILES string of the molecule is COc1ccc(S(=O)(=O)N2CC(C)NC(C)C2)c(C)c1. The minimum Gasteiger partial charge on any atom is -0.497 e. The summed E-state index contributed by atoms with van der Waals surface area (Å²) in [4.78, 5) is 0.361. The van der Waals surface area contributed by atoms with Gasteiger partial charge in [-0.3, -0.25) is 0 Å². The smallest absolute Gasteiger partial charge is 0.243 e. The maximum Gasteiger partial charge on any atom is 0.243 e. The first kappa shape index (κ1) is 15.3. The van der Waals surface area contributed by atoms with Crippen LogP contribution in [-0.4, -0.2) is 45.0 Å². The lowest BCUT2D eigenvalue weighted by atomic mass is 10.2. The highest BCUT2D eigenvalue weighted by molar-refractivity contribution is 7.89. The molecule has 1 fully saturated rings. The van der Waals surface area contributed by atoms with Gasteiger partial charge in [-0.05, 0) is 44.5 Å². The Balaban J connectivity index is 2.35. The number of benzene rings is 1. The first-order valence-corrected chi connectivity index (χ1v) is 8.19. The van der Waals surface area contributed by atoms with Gasteiger partial charge in [0.2, 0.25) is 10.0 Å². The van der Waals surface area contributed by atoms with E-state index in [1.54, 1.807) is 36.5 Å². The van der Waals surface area contributed by atoms with Crippen LogP contribution in [0.1, 0.15) is 19.4 Å². The van der Waals surface area contributed by atoms with Crippen molar-refractivity contribution >= 4 is 10.0 Å². The van der Waals surface area contributed by atoms with Crippen LogP contribution in [0.3, 0.4) is 0 Å². The molecule has 0 spiro atoms. The van der Waals surface area contributed by atoms with Gasteiger partial charge >= 0.3 is 0 Å². The van der Waals surface area contributed by atoms with Gasteiger partial charge in [-0.1, -0.05) is 0 Å². The number of rotatable bonds is 3. The van der Waals surface area contributed by atoms with Crippen molar-refractivity contribution < 1.29 is 13.2 Å². The summed E-state index contributed by atoms with van der Waals surface area (Å²) in [6.45, 7) is 6.79. The van der Waals surface area contributed by atoms with Crippen LogP contribution >= 0.6 is 0 Å². The number of nitrogens with one attached hydrogen (secondary N) is 1. The lowest BCUT2D eigenvalue weighted by Crippen LogP contribution is -2.55. The highest BCUT2D eigenvalue weighted by atomic mass is 32.2. The Morgan fingerprint density at radius 2 is 1.85 bits per heavy atom. The number of hydrogen-bond donors (Lipinski definition) is 1. The standard InChI is InChI=1S/C14H22N2O3S/c1-10-7-13(19-4)5-6-14(10)20(17,18)16-8-11(2)15-12(3)9-16/h5-7,11-12,15H,8-9H2,1-4H3. The van der Waals surface area contributed by atoms with Crippen LogP contribution in [-0.2, 0) is 10.0 Å². The molecule has 2 rings (SSSR count). The number of ether oxygens (including phenoxy) is 1. The van der Waals surface area contributed by atoms with Crippen molar-refractivity contribution in [2.45, 2.75) is 37.8 Å². The van der Waals surface area contributed by atoms with Crippen LogP contribution in [0, 0.1) is 6.92 Å². The molecule has 2 unspecified atom stereocenters. The molecule has 0 aromatic heterocycles. The van der Waals surface area contributed by atoms with Crippen LogP contribution in [0.4, 0.5) is 0 Å². The Labute approximate surface area is 121 Å². The Hall–Kier alpha value is -1.11. The average molecular weight is 298 g/mol. The van der Waals surface area contributed by atoms with Gasteiger partial charge in [0, 0.05) is 25.2 Å². The monoisotopic (exact) mass is 298 g/mol. The maximum absolute atomic E-state index is 12.8. The molecule has 6 heteroatoms. The number of hydrogen-bond acceptors (Lipinski definition) is 4. The number of methoxy groups -OCH3 is 1. The van der Waals surface area contributed by atoms with E-state index in [0.717, 1.165) is 0 Å². The van der Waals surface area contributed by atoms with E-state index in [1.165, 1.54) is 0 Å². The van der Waals surface area contributed by atoms with E-state index in [0.29, 0.717) is 29.3 Å². The fourth-order valence-electron chi connectivity index (χ4n) is 2.65. The molecule has 5 nitrogen and oxygen atoms in total. The van der Waals surface area contributed by atoms with E-state index < -0.39 is 10.0 Å². The zero-order valence-electron chi connectivity index (χ0n) is 12.4. The first-order chi connectivity index (χ1) is 9.34. The van der Waals surface area contributed by atoms with Gasteiger partial charge < -0.3 is 10.1 Å². The summed E-state index contributed by atoms with van der Waals surface area (Å²) >= 11 is 0. The first-order valence-electron chi connectivity index (χ1n) is 6.75. The molecule has 0 radical (unpaired) electrons. The molecule has 0 saturated carbocycles. The van der Waals surface area contributed by atoms with Crippen molar-refractivity contribution in [3.63, 3.8) is 0 Å². The fraction of sp³-hybridized carbons (Fsp3) is 0.571. The quantitative estimate of drug-likeness (QED) is 0.916. The van der Waals surface area contributed by atoms with Crippen molar-refractivity contribution in [1.82, 2.24) is 9.62 Å². The summed E-state index contributed by atoms with van der Waals surface area (Å²) < 4.78 is 32.2. The van der Waals surface area contributed by atoms with Crippen molar-refractivity contribution in [3.05, 3.63) is 23.8 Å². The van der Waals surface area contributed by atoms with Crippen LogP contribution in [0.25, 0.3) is 0 Å². The fourth-order valence-corrected chi connectivity index (χ4v) is 4.47. The van der Waals surface area contributed by atoms with Crippen LogP contribution in [0.15, 0.2) is 23.1 Å². The molecule has 1 aliphatic heterocycles. The van der Waals surface area contributed by atoms with E-state index in [-0.39, 0.29) is 12.1 Å². The van der Waals surface area contributed by atoms with Gasteiger partial charge in [0.25, 0.3) is 0 Å². The number of sulfonamides is 1. The largest absolute Gasteiger partial charge is 0.497 e. The normalized spacial score (nSPS) is 24.6. The molecule has 0 aliphatic carbocycles. The second-order valence-electron chi connectivity index (χ2n) is 5.42. The van der Waals surface area contributed by atoms with E-state index in [2.05, 4.69) is 5.32 Å². The minimum absolute atomic E-state index is 0.159. The van der Waals surface area contributed by atoms with Gasteiger partial charge in [0.15, 0.2) is 0 Å². The highest BCUT2D eigenvalue weighted by Crippen LogP contribution is 2.25. The molecule has 20 heavy (non-hydrogen) atoms. The van der Waals surface area contributed by atoms with Crippen LogP contribution in [0.2, 0.25) is 0 Å². The zero-order chi connectivity index (χ0) is 14.9. The summed E-state index contributed by atoms with van der Waals surface area (Å²) in [7, 11) is -1.87. The average Bonchev–Trinajstić information content (AvgIpc) is 2.37. The Kier molecular flexibility index (Phi) is 4.36. The third-order valence-corrected chi connectivity index (χ3v) is 5.52. The van der Waals surface area contributed by atoms with Crippen LogP contribution < -0.4 is 10.1 Å². The van der Waals surface area contributed by atoms with Gasteiger partial charge in [-0.15, -0.1) is 0 Å². The summed E-state index contributed by atoms with van der Waals surface area (Å²) in [5, 5.41) is 3.34. The lowest BCUT2D eigenvalue weighted by molar-refractivity contribution is 0.263. The Bertz CT molecular complexity index is 576. The third kappa shape index (κ3) is 2.97. The number of nitrogens with zero attached hydrogens (tertiary/aromatic N) is 1. The molecule has 112 valence electrons.